The van der Waals surface area contributed by atoms with Crippen molar-refractivity contribution in [3.05, 3.63) is 35.9 Å². The van der Waals surface area contributed by atoms with Crippen molar-refractivity contribution in [2.45, 2.75) is 33.2 Å². The predicted molar refractivity (Wildman–Crippen MR) is 89.6 cm³/mol. The molecule has 118 valence electrons. The lowest BCUT2D eigenvalue weighted by Gasteiger charge is -2.22. The molecule has 0 heterocycles. The molecular formula is C17H29N3O. The standard InChI is InChI=1S/C17H29N3O/c1-4-18-17(19-13-9-10-14-21-5-2)20(3)15-16-11-7-6-8-12-16/h6-8,11-12H,4-5,9-10,13-15H2,1-3H3,(H,18,19). The van der Waals surface area contributed by atoms with Crippen LogP contribution in [0.25, 0.3) is 0 Å². The Hall–Kier alpha value is -1.55. The maximum absolute atomic E-state index is 5.34. The average molecular weight is 291 g/mol. The molecule has 0 saturated carbocycles. The van der Waals surface area contributed by atoms with E-state index in [4.69, 9.17) is 4.74 Å². The largest absolute Gasteiger partial charge is 0.382 e. The van der Waals surface area contributed by atoms with Crippen LogP contribution in [0.1, 0.15) is 32.3 Å². The van der Waals surface area contributed by atoms with Gasteiger partial charge in [-0.15, -0.1) is 0 Å². The van der Waals surface area contributed by atoms with E-state index in [0.29, 0.717) is 0 Å². The number of hydrogen-bond acceptors (Lipinski definition) is 2. The first kappa shape index (κ1) is 17.5. The predicted octanol–water partition coefficient (Wildman–Crippen LogP) is 2.90. The molecule has 0 spiro atoms. The Morgan fingerprint density at radius 3 is 2.62 bits per heavy atom. The molecule has 1 aromatic rings. The van der Waals surface area contributed by atoms with E-state index in [0.717, 1.165) is 51.6 Å². The second-order valence-corrected chi connectivity index (χ2v) is 4.98. The lowest BCUT2D eigenvalue weighted by atomic mass is 10.2. The Balaban J connectivity index is 2.43. The number of nitrogens with one attached hydrogen (secondary N) is 1. The van der Waals surface area contributed by atoms with Gasteiger partial charge in [-0.05, 0) is 32.3 Å². The molecule has 0 aliphatic rings. The van der Waals surface area contributed by atoms with Crippen LogP contribution >= 0.6 is 0 Å². The molecule has 1 aromatic carbocycles. The lowest BCUT2D eigenvalue weighted by Crippen LogP contribution is -2.38. The highest BCUT2D eigenvalue weighted by Gasteiger charge is 2.05. The Kier molecular flexibility index (Phi) is 9.29. The molecule has 21 heavy (non-hydrogen) atoms. The smallest absolute Gasteiger partial charge is 0.193 e. The molecule has 0 fully saturated rings. The van der Waals surface area contributed by atoms with Gasteiger partial charge in [-0.1, -0.05) is 30.3 Å². The minimum Gasteiger partial charge on any atom is -0.382 e. The lowest BCUT2D eigenvalue weighted by molar-refractivity contribution is 0.144. The second-order valence-electron chi connectivity index (χ2n) is 4.98. The molecule has 0 radical (unpaired) electrons. The molecule has 4 nitrogen and oxygen atoms in total. The summed E-state index contributed by atoms with van der Waals surface area (Å²) in [6, 6.07) is 10.5. The molecule has 0 aliphatic carbocycles. The topological polar surface area (TPSA) is 36.9 Å². The Labute approximate surface area is 129 Å². The normalized spacial score (nSPS) is 11.5. The Morgan fingerprint density at radius 2 is 1.95 bits per heavy atom. The van der Waals surface area contributed by atoms with Gasteiger partial charge in [-0.25, -0.2) is 0 Å². The number of nitrogens with zero attached hydrogens (tertiary/aromatic N) is 2. The van der Waals surface area contributed by atoms with Gasteiger partial charge in [0.15, 0.2) is 5.96 Å². The molecule has 0 aromatic heterocycles. The van der Waals surface area contributed by atoms with Crippen molar-refractivity contribution >= 4 is 5.96 Å². The van der Waals surface area contributed by atoms with Gasteiger partial charge in [0, 0.05) is 39.9 Å². The number of hydrogen-bond donors (Lipinski definition) is 1. The van der Waals surface area contributed by atoms with E-state index < -0.39 is 0 Å². The quantitative estimate of drug-likeness (QED) is 0.432. The molecule has 0 saturated heterocycles. The van der Waals surface area contributed by atoms with Crippen LogP contribution in [0.4, 0.5) is 0 Å². The van der Waals surface area contributed by atoms with Crippen LogP contribution in [0.15, 0.2) is 35.3 Å². The fraction of sp³-hybridized carbons (Fsp3) is 0.588. The van der Waals surface area contributed by atoms with E-state index in [1.165, 1.54) is 5.56 Å². The number of ether oxygens (including phenoxy) is 1. The van der Waals surface area contributed by atoms with E-state index in [1.807, 2.05) is 13.0 Å². The van der Waals surface area contributed by atoms with Crippen LogP contribution in [-0.2, 0) is 11.3 Å². The molecule has 0 amide bonds. The number of unbranched alkanes of at least 4 members (excludes halogenated alkanes) is 1. The van der Waals surface area contributed by atoms with Crippen molar-refractivity contribution in [2.24, 2.45) is 4.99 Å². The van der Waals surface area contributed by atoms with Crippen molar-refractivity contribution in [3.8, 4) is 0 Å². The maximum Gasteiger partial charge on any atom is 0.193 e. The molecule has 0 aliphatic heterocycles. The summed E-state index contributed by atoms with van der Waals surface area (Å²) in [6.07, 6.45) is 2.13. The Morgan fingerprint density at radius 1 is 1.19 bits per heavy atom. The maximum atomic E-state index is 5.34. The fourth-order valence-corrected chi connectivity index (χ4v) is 2.05. The van der Waals surface area contributed by atoms with Crippen molar-refractivity contribution in [3.63, 3.8) is 0 Å². The van der Waals surface area contributed by atoms with E-state index in [9.17, 15) is 0 Å². The first-order valence-corrected chi connectivity index (χ1v) is 7.89. The third-order valence-electron chi connectivity index (χ3n) is 3.12. The zero-order valence-corrected chi connectivity index (χ0v) is 13.6. The molecule has 0 atom stereocenters. The fourth-order valence-electron chi connectivity index (χ4n) is 2.05. The summed E-state index contributed by atoms with van der Waals surface area (Å²) in [5, 5.41) is 3.35. The highest BCUT2D eigenvalue weighted by atomic mass is 16.5. The highest BCUT2D eigenvalue weighted by molar-refractivity contribution is 5.79. The summed E-state index contributed by atoms with van der Waals surface area (Å²) in [6.45, 7) is 8.35. The van der Waals surface area contributed by atoms with Crippen LogP contribution in [0.2, 0.25) is 0 Å². The molecule has 1 rings (SSSR count). The third kappa shape index (κ3) is 7.71. The summed E-state index contributed by atoms with van der Waals surface area (Å²) in [7, 11) is 2.08. The first-order valence-electron chi connectivity index (χ1n) is 7.89. The summed E-state index contributed by atoms with van der Waals surface area (Å²) in [5.41, 5.74) is 1.29. The Bertz CT molecular complexity index is 392. The highest BCUT2D eigenvalue weighted by Crippen LogP contribution is 2.03. The van der Waals surface area contributed by atoms with Gasteiger partial charge >= 0.3 is 0 Å². The van der Waals surface area contributed by atoms with Gasteiger partial charge in [-0.2, -0.15) is 0 Å². The van der Waals surface area contributed by atoms with E-state index in [-0.39, 0.29) is 0 Å². The van der Waals surface area contributed by atoms with E-state index >= 15 is 0 Å². The zero-order valence-electron chi connectivity index (χ0n) is 13.6. The van der Waals surface area contributed by atoms with Crippen LogP contribution in [0, 0.1) is 0 Å². The van der Waals surface area contributed by atoms with Gasteiger partial charge in [0.05, 0.1) is 0 Å². The summed E-state index contributed by atoms with van der Waals surface area (Å²) >= 11 is 0. The van der Waals surface area contributed by atoms with Crippen molar-refractivity contribution in [2.75, 3.05) is 33.4 Å². The van der Waals surface area contributed by atoms with Crippen LogP contribution < -0.4 is 5.32 Å². The van der Waals surface area contributed by atoms with Crippen molar-refractivity contribution in [1.82, 2.24) is 10.2 Å². The summed E-state index contributed by atoms with van der Waals surface area (Å²) in [5.74, 6) is 0.970. The van der Waals surface area contributed by atoms with Gasteiger partial charge in [0.25, 0.3) is 0 Å². The third-order valence-corrected chi connectivity index (χ3v) is 3.12. The summed E-state index contributed by atoms with van der Waals surface area (Å²) in [4.78, 5) is 6.85. The monoisotopic (exact) mass is 291 g/mol. The molecule has 4 heteroatoms. The van der Waals surface area contributed by atoms with Crippen molar-refractivity contribution < 1.29 is 4.74 Å². The van der Waals surface area contributed by atoms with Gasteiger partial charge in [-0.3, -0.25) is 4.99 Å². The molecule has 0 unspecified atom stereocenters. The number of benzene rings is 1. The number of rotatable bonds is 9. The van der Waals surface area contributed by atoms with Gasteiger partial charge < -0.3 is 15.0 Å². The minimum atomic E-state index is 0.797. The van der Waals surface area contributed by atoms with Crippen LogP contribution in [0.3, 0.4) is 0 Å². The number of guanidine groups is 1. The molecule has 1 N–H and O–H groups in total. The average Bonchev–Trinajstić information content (AvgIpc) is 2.50. The first-order chi connectivity index (χ1) is 10.3. The number of aliphatic imine (C=N–C) groups is 1. The van der Waals surface area contributed by atoms with E-state index in [2.05, 4.69) is 53.4 Å². The SMILES string of the molecule is CCNC(=NCCCCOCC)N(C)Cc1ccccc1. The minimum absolute atomic E-state index is 0.797. The van der Waals surface area contributed by atoms with Gasteiger partial charge in [0.1, 0.15) is 0 Å². The van der Waals surface area contributed by atoms with E-state index in [1.54, 1.807) is 0 Å². The van der Waals surface area contributed by atoms with Gasteiger partial charge in [0.2, 0.25) is 0 Å². The van der Waals surface area contributed by atoms with Crippen LogP contribution in [-0.4, -0.2) is 44.2 Å². The molecular weight excluding hydrogens is 262 g/mol. The summed E-state index contributed by atoms with van der Waals surface area (Å²) < 4.78 is 5.34. The van der Waals surface area contributed by atoms with Crippen LogP contribution in [0.5, 0.6) is 0 Å². The van der Waals surface area contributed by atoms with Crippen molar-refractivity contribution in [1.29, 1.82) is 0 Å². The second kappa shape index (κ2) is 11.1. The molecule has 0 bridgehead atoms. The zero-order chi connectivity index (χ0) is 15.3.